The van der Waals surface area contributed by atoms with Crippen molar-refractivity contribution in [3.05, 3.63) is 29.8 Å². The summed E-state index contributed by atoms with van der Waals surface area (Å²) in [6.45, 7) is 2.78. The predicted octanol–water partition coefficient (Wildman–Crippen LogP) is 2.20. The standard InChI is InChI=1S/C14H21NO2/c1-2-13(10-5-7-12(16)8-6-10)15-9-14(17)11-3-4-11/h5-8,11,13-17H,2-4,9H2,1H3. The van der Waals surface area contributed by atoms with Crippen molar-refractivity contribution in [2.45, 2.75) is 38.3 Å². The molecule has 94 valence electrons. The van der Waals surface area contributed by atoms with Gasteiger partial charge in [-0.25, -0.2) is 0 Å². The second-order valence-electron chi connectivity index (χ2n) is 4.87. The topological polar surface area (TPSA) is 52.5 Å². The highest BCUT2D eigenvalue weighted by Crippen LogP contribution is 2.32. The average Bonchev–Trinajstić information content (AvgIpc) is 3.16. The summed E-state index contributed by atoms with van der Waals surface area (Å²) in [7, 11) is 0. The van der Waals surface area contributed by atoms with Crippen LogP contribution in [0.1, 0.15) is 37.8 Å². The van der Waals surface area contributed by atoms with Gasteiger partial charge in [-0.3, -0.25) is 0 Å². The molecule has 17 heavy (non-hydrogen) atoms. The van der Waals surface area contributed by atoms with Crippen LogP contribution in [0.3, 0.4) is 0 Å². The van der Waals surface area contributed by atoms with Crippen LogP contribution in [0.25, 0.3) is 0 Å². The summed E-state index contributed by atoms with van der Waals surface area (Å²) < 4.78 is 0. The third-order valence-corrected chi connectivity index (χ3v) is 3.44. The number of hydrogen-bond acceptors (Lipinski definition) is 3. The second kappa shape index (κ2) is 5.52. The fraction of sp³-hybridized carbons (Fsp3) is 0.571. The highest BCUT2D eigenvalue weighted by molar-refractivity contribution is 5.27. The van der Waals surface area contributed by atoms with E-state index >= 15 is 0 Å². The normalized spacial score (nSPS) is 18.9. The largest absolute Gasteiger partial charge is 0.508 e. The minimum atomic E-state index is -0.207. The van der Waals surface area contributed by atoms with E-state index < -0.39 is 0 Å². The lowest BCUT2D eigenvalue weighted by molar-refractivity contribution is 0.144. The van der Waals surface area contributed by atoms with E-state index in [1.165, 1.54) is 12.8 Å². The molecule has 1 fully saturated rings. The van der Waals surface area contributed by atoms with Gasteiger partial charge in [-0.2, -0.15) is 0 Å². The number of hydrogen-bond donors (Lipinski definition) is 3. The van der Waals surface area contributed by atoms with Crippen molar-refractivity contribution in [1.29, 1.82) is 0 Å². The van der Waals surface area contributed by atoms with Gasteiger partial charge in [-0.1, -0.05) is 19.1 Å². The lowest BCUT2D eigenvalue weighted by Crippen LogP contribution is -2.31. The summed E-state index contributed by atoms with van der Waals surface area (Å²) in [5.74, 6) is 0.807. The molecule has 1 saturated carbocycles. The summed E-state index contributed by atoms with van der Waals surface area (Å²) in [5.41, 5.74) is 1.16. The summed E-state index contributed by atoms with van der Waals surface area (Å²) in [6.07, 6.45) is 3.10. The van der Waals surface area contributed by atoms with E-state index in [1.54, 1.807) is 12.1 Å². The van der Waals surface area contributed by atoms with Crippen molar-refractivity contribution in [2.24, 2.45) is 5.92 Å². The molecule has 0 spiro atoms. The molecule has 0 saturated heterocycles. The Balaban J connectivity index is 1.88. The van der Waals surface area contributed by atoms with Gasteiger partial charge in [0.25, 0.3) is 0 Å². The van der Waals surface area contributed by atoms with E-state index in [-0.39, 0.29) is 12.1 Å². The number of aromatic hydroxyl groups is 1. The molecule has 0 aliphatic heterocycles. The van der Waals surface area contributed by atoms with Crippen molar-refractivity contribution >= 4 is 0 Å². The first-order chi connectivity index (χ1) is 8.20. The van der Waals surface area contributed by atoms with Crippen LogP contribution in [0.5, 0.6) is 5.75 Å². The van der Waals surface area contributed by atoms with Crippen LogP contribution >= 0.6 is 0 Å². The SMILES string of the molecule is CCC(NCC(O)C1CC1)c1ccc(O)cc1. The quantitative estimate of drug-likeness (QED) is 0.708. The van der Waals surface area contributed by atoms with Crippen molar-refractivity contribution in [1.82, 2.24) is 5.32 Å². The first-order valence-electron chi connectivity index (χ1n) is 6.41. The smallest absolute Gasteiger partial charge is 0.115 e. The molecule has 0 heterocycles. The van der Waals surface area contributed by atoms with Gasteiger partial charge in [0.1, 0.15) is 5.75 Å². The fourth-order valence-electron chi connectivity index (χ4n) is 2.12. The number of nitrogens with one attached hydrogen (secondary N) is 1. The van der Waals surface area contributed by atoms with Crippen LogP contribution < -0.4 is 5.32 Å². The monoisotopic (exact) mass is 235 g/mol. The van der Waals surface area contributed by atoms with Gasteiger partial charge in [0.2, 0.25) is 0 Å². The van der Waals surface area contributed by atoms with Gasteiger partial charge in [-0.05, 0) is 42.9 Å². The highest BCUT2D eigenvalue weighted by Gasteiger charge is 2.29. The highest BCUT2D eigenvalue weighted by atomic mass is 16.3. The van der Waals surface area contributed by atoms with E-state index in [4.69, 9.17) is 0 Å². The Kier molecular flexibility index (Phi) is 4.02. The Labute approximate surface area is 102 Å². The van der Waals surface area contributed by atoms with Gasteiger partial charge in [0, 0.05) is 12.6 Å². The van der Waals surface area contributed by atoms with Crippen LogP contribution in [0.4, 0.5) is 0 Å². The van der Waals surface area contributed by atoms with Gasteiger partial charge in [0.15, 0.2) is 0 Å². The molecular weight excluding hydrogens is 214 g/mol. The molecule has 0 aromatic heterocycles. The third-order valence-electron chi connectivity index (χ3n) is 3.44. The minimum absolute atomic E-state index is 0.207. The second-order valence-corrected chi connectivity index (χ2v) is 4.87. The van der Waals surface area contributed by atoms with Crippen molar-refractivity contribution in [3.63, 3.8) is 0 Å². The van der Waals surface area contributed by atoms with Crippen LogP contribution in [0, 0.1) is 5.92 Å². The zero-order valence-electron chi connectivity index (χ0n) is 10.3. The maximum Gasteiger partial charge on any atom is 0.115 e. The maximum absolute atomic E-state index is 9.82. The number of aliphatic hydroxyl groups excluding tert-OH is 1. The molecule has 1 aliphatic rings. The number of benzene rings is 1. The van der Waals surface area contributed by atoms with E-state index in [1.807, 2.05) is 12.1 Å². The maximum atomic E-state index is 9.82. The Morgan fingerprint density at radius 2 is 1.94 bits per heavy atom. The molecule has 1 aliphatic carbocycles. The Morgan fingerprint density at radius 1 is 1.29 bits per heavy atom. The predicted molar refractivity (Wildman–Crippen MR) is 67.9 cm³/mol. The molecule has 0 bridgehead atoms. The number of phenols is 1. The summed E-state index contributed by atoms with van der Waals surface area (Å²) >= 11 is 0. The molecule has 1 aromatic carbocycles. The van der Waals surface area contributed by atoms with Crippen LogP contribution in [0.15, 0.2) is 24.3 Å². The molecule has 2 atom stereocenters. The number of rotatable bonds is 6. The van der Waals surface area contributed by atoms with E-state index in [0.29, 0.717) is 18.2 Å². The summed E-state index contributed by atoms with van der Waals surface area (Å²) in [6, 6.07) is 7.53. The molecule has 3 N–H and O–H groups in total. The Bertz CT molecular complexity index is 346. The lowest BCUT2D eigenvalue weighted by atomic mass is 10.0. The summed E-state index contributed by atoms with van der Waals surface area (Å²) in [5, 5.41) is 22.5. The fourth-order valence-corrected chi connectivity index (χ4v) is 2.12. The van der Waals surface area contributed by atoms with Gasteiger partial charge < -0.3 is 15.5 Å². The number of phenolic OH excluding ortho intramolecular Hbond substituents is 1. The van der Waals surface area contributed by atoms with E-state index in [0.717, 1.165) is 12.0 Å². The van der Waals surface area contributed by atoms with Crippen molar-refractivity contribution in [2.75, 3.05) is 6.54 Å². The zero-order chi connectivity index (χ0) is 12.3. The molecule has 2 rings (SSSR count). The average molecular weight is 235 g/mol. The molecule has 3 nitrogen and oxygen atoms in total. The lowest BCUT2D eigenvalue weighted by Gasteiger charge is -2.19. The first-order valence-corrected chi connectivity index (χ1v) is 6.41. The minimum Gasteiger partial charge on any atom is -0.508 e. The Hall–Kier alpha value is -1.06. The first kappa shape index (κ1) is 12.4. The van der Waals surface area contributed by atoms with E-state index in [2.05, 4.69) is 12.2 Å². The van der Waals surface area contributed by atoms with Gasteiger partial charge >= 0.3 is 0 Å². The molecule has 0 radical (unpaired) electrons. The molecule has 3 heteroatoms. The summed E-state index contributed by atoms with van der Waals surface area (Å²) in [4.78, 5) is 0. The Morgan fingerprint density at radius 3 is 2.47 bits per heavy atom. The van der Waals surface area contributed by atoms with Crippen LogP contribution in [-0.2, 0) is 0 Å². The molecular formula is C14H21NO2. The van der Waals surface area contributed by atoms with Crippen LogP contribution in [0.2, 0.25) is 0 Å². The molecule has 0 amide bonds. The van der Waals surface area contributed by atoms with Crippen molar-refractivity contribution in [3.8, 4) is 5.75 Å². The molecule has 2 unspecified atom stereocenters. The van der Waals surface area contributed by atoms with Crippen molar-refractivity contribution < 1.29 is 10.2 Å². The number of aliphatic hydroxyl groups is 1. The van der Waals surface area contributed by atoms with Crippen LogP contribution in [-0.4, -0.2) is 22.9 Å². The van der Waals surface area contributed by atoms with Gasteiger partial charge in [0.05, 0.1) is 6.10 Å². The zero-order valence-corrected chi connectivity index (χ0v) is 10.3. The molecule has 1 aromatic rings. The third kappa shape index (κ3) is 3.45. The van der Waals surface area contributed by atoms with Gasteiger partial charge in [-0.15, -0.1) is 0 Å². The van der Waals surface area contributed by atoms with E-state index in [9.17, 15) is 10.2 Å².